The van der Waals surface area contributed by atoms with Crippen LogP contribution in [0, 0.1) is 0 Å². The lowest BCUT2D eigenvalue weighted by atomic mass is 10.2. The molecule has 0 spiro atoms. The van der Waals surface area contributed by atoms with Gasteiger partial charge in [-0.2, -0.15) is 0 Å². The fraction of sp³-hybridized carbons (Fsp3) is 0.200. The van der Waals surface area contributed by atoms with Gasteiger partial charge >= 0.3 is 0 Å². The summed E-state index contributed by atoms with van der Waals surface area (Å²) in [6, 6.07) is 13.8. The van der Waals surface area contributed by atoms with Gasteiger partial charge in [-0.05, 0) is 30.8 Å². The molecule has 0 amide bonds. The molecule has 0 unspecified atom stereocenters. The molecule has 1 N–H and O–H groups in total. The number of rotatable bonds is 5. The van der Waals surface area contributed by atoms with Crippen LogP contribution in [0.25, 0.3) is 0 Å². The van der Waals surface area contributed by atoms with Crippen LogP contribution in [-0.4, -0.2) is 7.05 Å². The predicted molar refractivity (Wildman–Crippen MR) is 82.7 cm³/mol. The summed E-state index contributed by atoms with van der Waals surface area (Å²) < 4.78 is 6.79. The van der Waals surface area contributed by atoms with E-state index in [9.17, 15) is 0 Å². The summed E-state index contributed by atoms with van der Waals surface area (Å²) in [5, 5.41) is 3.73. The number of benzene rings is 2. The minimum atomic E-state index is 0.493. The van der Waals surface area contributed by atoms with Gasteiger partial charge in [0.05, 0.1) is 5.02 Å². The first-order valence-corrected chi connectivity index (χ1v) is 7.17. The maximum Gasteiger partial charge on any atom is 0.138 e. The SMILES string of the molecule is CNCc1ccc(OCc2ccccc2Br)c(Cl)c1. The van der Waals surface area contributed by atoms with Crippen LogP contribution in [0.15, 0.2) is 46.9 Å². The molecule has 0 aliphatic rings. The molecule has 2 aromatic rings. The van der Waals surface area contributed by atoms with E-state index in [1.165, 1.54) is 0 Å². The number of hydrogen-bond donors (Lipinski definition) is 1. The first-order valence-electron chi connectivity index (χ1n) is 6.00. The van der Waals surface area contributed by atoms with Gasteiger partial charge in [-0.1, -0.05) is 51.8 Å². The molecule has 0 heterocycles. The Hall–Kier alpha value is -1.03. The number of halogens is 2. The van der Waals surface area contributed by atoms with E-state index in [4.69, 9.17) is 16.3 Å². The van der Waals surface area contributed by atoms with Crippen LogP contribution in [-0.2, 0) is 13.2 Å². The van der Waals surface area contributed by atoms with Crippen LogP contribution >= 0.6 is 27.5 Å². The topological polar surface area (TPSA) is 21.3 Å². The van der Waals surface area contributed by atoms with Crippen molar-refractivity contribution in [3.05, 3.63) is 63.1 Å². The minimum absolute atomic E-state index is 0.493. The third kappa shape index (κ3) is 3.96. The molecule has 0 aliphatic heterocycles. The van der Waals surface area contributed by atoms with E-state index in [1.54, 1.807) is 0 Å². The summed E-state index contributed by atoms with van der Waals surface area (Å²) >= 11 is 9.71. The van der Waals surface area contributed by atoms with Crippen molar-refractivity contribution < 1.29 is 4.74 Å². The summed E-state index contributed by atoms with van der Waals surface area (Å²) in [4.78, 5) is 0. The van der Waals surface area contributed by atoms with Crippen LogP contribution in [0.1, 0.15) is 11.1 Å². The van der Waals surface area contributed by atoms with E-state index in [0.717, 1.165) is 22.1 Å². The lowest BCUT2D eigenvalue weighted by molar-refractivity contribution is 0.305. The van der Waals surface area contributed by atoms with E-state index < -0.39 is 0 Å². The Morgan fingerprint density at radius 3 is 2.68 bits per heavy atom. The lowest BCUT2D eigenvalue weighted by Gasteiger charge is -2.10. The highest BCUT2D eigenvalue weighted by molar-refractivity contribution is 9.10. The monoisotopic (exact) mass is 339 g/mol. The zero-order valence-corrected chi connectivity index (χ0v) is 13.0. The van der Waals surface area contributed by atoms with Gasteiger partial charge in [-0.15, -0.1) is 0 Å². The Labute approximate surface area is 126 Å². The largest absolute Gasteiger partial charge is 0.487 e. The molecule has 2 aromatic carbocycles. The summed E-state index contributed by atoms with van der Waals surface area (Å²) in [6.07, 6.45) is 0. The van der Waals surface area contributed by atoms with Crippen LogP contribution in [0.4, 0.5) is 0 Å². The fourth-order valence-corrected chi connectivity index (χ4v) is 2.40. The summed E-state index contributed by atoms with van der Waals surface area (Å²) in [5.74, 6) is 0.706. The van der Waals surface area contributed by atoms with Crippen molar-refractivity contribution in [2.45, 2.75) is 13.2 Å². The Morgan fingerprint density at radius 2 is 2.00 bits per heavy atom. The fourth-order valence-electron chi connectivity index (χ4n) is 1.75. The molecule has 0 aliphatic carbocycles. The van der Waals surface area contributed by atoms with Crippen molar-refractivity contribution >= 4 is 27.5 Å². The van der Waals surface area contributed by atoms with Crippen molar-refractivity contribution in [1.29, 1.82) is 0 Å². The summed E-state index contributed by atoms with van der Waals surface area (Å²) in [5.41, 5.74) is 2.23. The van der Waals surface area contributed by atoms with Gasteiger partial charge in [-0.25, -0.2) is 0 Å². The smallest absolute Gasteiger partial charge is 0.138 e. The van der Waals surface area contributed by atoms with E-state index in [1.807, 2.05) is 49.5 Å². The van der Waals surface area contributed by atoms with Gasteiger partial charge < -0.3 is 10.1 Å². The maximum absolute atomic E-state index is 6.21. The average molecular weight is 341 g/mol. The molecular formula is C15H15BrClNO. The van der Waals surface area contributed by atoms with Crippen LogP contribution in [0.2, 0.25) is 5.02 Å². The molecule has 0 bridgehead atoms. The Kier molecular flexibility index (Phi) is 5.25. The molecule has 0 aromatic heterocycles. The van der Waals surface area contributed by atoms with Crippen molar-refractivity contribution in [2.75, 3.05) is 7.05 Å². The highest BCUT2D eigenvalue weighted by Crippen LogP contribution is 2.27. The molecule has 4 heteroatoms. The van der Waals surface area contributed by atoms with Crippen LogP contribution in [0.3, 0.4) is 0 Å². The van der Waals surface area contributed by atoms with Crippen molar-refractivity contribution in [3.63, 3.8) is 0 Å². The minimum Gasteiger partial charge on any atom is -0.487 e. The molecule has 0 saturated heterocycles. The first kappa shape index (κ1) is 14.4. The zero-order valence-electron chi connectivity index (χ0n) is 10.6. The van der Waals surface area contributed by atoms with E-state index in [-0.39, 0.29) is 0 Å². The standard InChI is InChI=1S/C15H15BrClNO/c1-18-9-11-6-7-15(14(17)8-11)19-10-12-4-2-3-5-13(12)16/h2-8,18H,9-10H2,1H3. The second-order valence-corrected chi connectivity index (χ2v) is 5.44. The second kappa shape index (κ2) is 6.94. The highest BCUT2D eigenvalue weighted by atomic mass is 79.9. The van der Waals surface area contributed by atoms with Gasteiger partial charge in [0.1, 0.15) is 12.4 Å². The van der Waals surface area contributed by atoms with Gasteiger partial charge in [0.15, 0.2) is 0 Å². The maximum atomic E-state index is 6.21. The zero-order chi connectivity index (χ0) is 13.7. The number of hydrogen-bond acceptors (Lipinski definition) is 2. The molecule has 19 heavy (non-hydrogen) atoms. The Bertz CT molecular complexity index is 560. The Balaban J connectivity index is 2.06. The summed E-state index contributed by atoms with van der Waals surface area (Å²) in [7, 11) is 1.91. The highest BCUT2D eigenvalue weighted by Gasteiger charge is 2.05. The first-order chi connectivity index (χ1) is 9.20. The van der Waals surface area contributed by atoms with Crippen LogP contribution < -0.4 is 10.1 Å². The number of nitrogens with one attached hydrogen (secondary N) is 1. The third-order valence-electron chi connectivity index (χ3n) is 2.72. The molecule has 0 saturated carbocycles. The molecule has 0 fully saturated rings. The van der Waals surface area contributed by atoms with Crippen molar-refractivity contribution in [2.24, 2.45) is 0 Å². The van der Waals surface area contributed by atoms with Crippen molar-refractivity contribution in [1.82, 2.24) is 5.32 Å². The van der Waals surface area contributed by atoms with E-state index in [0.29, 0.717) is 17.4 Å². The second-order valence-electron chi connectivity index (χ2n) is 4.18. The predicted octanol–water partition coefficient (Wildman–Crippen LogP) is 4.40. The van der Waals surface area contributed by atoms with Crippen LogP contribution in [0.5, 0.6) is 5.75 Å². The van der Waals surface area contributed by atoms with Gasteiger partial charge in [0.25, 0.3) is 0 Å². The molecule has 0 atom stereocenters. The Morgan fingerprint density at radius 1 is 1.21 bits per heavy atom. The number of ether oxygens (including phenoxy) is 1. The molecular weight excluding hydrogens is 326 g/mol. The van der Waals surface area contributed by atoms with Crippen molar-refractivity contribution in [3.8, 4) is 5.75 Å². The average Bonchev–Trinajstić information content (AvgIpc) is 2.40. The quantitative estimate of drug-likeness (QED) is 0.871. The lowest BCUT2D eigenvalue weighted by Crippen LogP contribution is -2.05. The molecule has 2 rings (SSSR count). The van der Waals surface area contributed by atoms with Gasteiger partial charge in [0.2, 0.25) is 0 Å². The molecule has 0 radical (unpaired) electrons. The van der Waals surface area contributed by atoms with Gasteiger partial charge in [-0.3, -0.25) is 0 Å². The molecule has 100 valence electrons. The molecule has 2 nitrogen and oxygen atoms in total. The van der Waals surface area contributed by atoms with E-state index in [2.05, 4.69) is 21.2 Å². The van der Waals surface area contributed by atoms with Gasteiger partial charge in [0, 0.05) is 16.6 Å². The third-order valence-corrected chi connectivity index (χ3v) is 3.79. The van der Waals surface area contributed by atoms with E-state index >= 15 is 0 Å². The summed E-state index contributed by atoms with van der Waals surface area (Å²) in [6.45, 7) is 1.29. The normalized spacial score (nSPS) is 10.5.